The number of aliphatic hydroxyl groups is 4. The van der Waals surface area contributed by atoms with Gasteiger partial charge in [0.15, 0.2) is 5.54 Å². The van der Waals surface area contributed by atoms with Gasteiger partial charge in [0.2, 0.25) is 41.4 Å². The molecular formula is C97H124Br4N13NaO23. The summed E-state index contributed by atoms with van der Waals surface area (Å²) in [5.74, 6) is -6.41. The third-order valence-electron chi connectivity index (χ3n) is 24.7. The van der Waals surface area contributed by atoms with Gasteiger partial charge in [0.05, 0.1) is 71.9 Å². The number of carbonyl (C=O) groups excluding carboxylic acids is 10. The van der Waals surface area contributed by atoms with E-state index in [0.29, 0.717) is 82.1 Å². The van der Waals surface area contributed by atoms with E-state index in [1.54, 1.807) is 138 Å². The van der Waals surface area contributed by atoms with Crippen molar-refractivity contribution in [1.29, 1.82) is 0 Å². The number of aliphatic imine (C=N–C) groups is 1. The molecule has 744 valence electrons. The van der Waals surface area contributed by atoms with E-state index in [-0.39, 0.29) is 140 Å². The third-order valence-corrected chi connectivity index (χ3v) is 26.8. The molecule has 6 unspecified atom stereocenters. The number of primary amides is 1. The number of benzene rings is 4. The molecule has 0 bridgehead atoms. The number of β-amino-alcohol motifs (C(OH)–C–C–N with tert-alkyl or cyclic N) is 4. The normalized spacial score (nSPS) is 21.5. The van der Waals surface area contributed by atoms with Crippen LogP contribution in [0.25, 0.3) is 0 Å². The van der Waals surface area contributed by atoms with Crippen molar-refractivity contribution in [3.63, 3.8) is 0 Å². The summed E-state index contributed by atoms with van der Waals surface area (Å²) in [6.45, 7) is 33.1. The summed E-state index contributed by atoms with van der Waals surface area (Å²) in [5, 5.41) is 71.0. The van der Waals surface area contributed by atoms with Crippen LogP contribution in [-0.4, -0.2) is 230 Å². The van der Waals surface area contributed by atoms with Gasteiger partial charge in [-0.2, -0.15) is 0 Å². The number of ether oxygens (including phenoxy) is 2. The van der Waals surface area contributed by atoms with E-state index in [0.717, 1.165) is 29.0 Å². The first-order valence-electron chi connectivity index (χ1n) is 44.9. The second kappa shape index (κ2) is 49.7. The van der Waals surface area contributed by atoms with Crippen molar-refractivity contribution in [1.82, 2.24) is 50.9 Å². The number of rotatable bonds is 27. The number of amides is 8. The van der Waals surface area contributed by atoms with Gasteiger partial charge in [-0.1, -0.05) is 188 Å². The maximum Gasteiger partial charge on any atom is 1.00 e. The van der Waals surface area contributed by atoms with Crippen LogP contribution in [0.1, 0.15) is 221 Å². The number of nitrogens with one attached hydrogen (secondary N) is 2. The quantitative estimate of drug-likeness (QED) is 0.0172. The minimum Gasteiger partial charge on any atom is -0.870 e. The first-order valence-corrected chi connectivity index (χ1v) is 48.1. The molecule has 41 heteroatoms. The molecule has 0 radical (unpaired) electrons. The number of aryl methyl sites for hydroxylation is 4. The van der Waals surface area contributed by atoms with Gasteiger partial charge in [-0.25, -0.2) is 19.4 Å². The van der Waals surface area contributed by atoms with Gasteiger partial charge in [0, 0.05) is 106 Å². The molecule has 138 heavy (non-hydrogen) atoms. The summed E-state index contributed by atoms with van der Waals surface area (Å²) in [5.41, 5.74) is 12.7. The number of carboxylic acids is 1. The predicted molar refractivity (Wildman–Crippen MR) is 515 cm³/mol. The molecule has 9 heterocycles. The topological polar surface area (TPSA) is 543 Å². The minimum atomic E-state index is -1.50. The molecule has 13 rings (SSSR count). The monoisotopic (exact) mass is 2180 g/mol. The Morgan fingerprint density at radius 3 is 1.08 bits per heavy atom. The molecule has 4 fully saturated rings. The van der Waals surface area contributed by atoms with Gasteiger partial charge in [-0.3, -0.25) is 38.4 Å². The fourth-order valence-corrected chi connectivity index (χ4v) is 18.3. The molecule has 4 aromatic heterocycles. The molecule has 5 aliphatic heterocycles. The molecule has 4 aromatic carbocycles. The second-order valence-electron chi connectivity index (χ2n) is 37.0. The number of likely N-dealkylation sites (tertiary alicyclic amines) is 4. The van der Waals surface area contributed by atoms with Crippen molar-refractivity contribution in [3.05, 3.63) is 207 Å². The molecule has 8 aromatic rings. The van der Waals surface area contributed by atoms with Crippen molar-refractivity contribution in [2.24, 2.45) is 40.1 Å². The number of nitrogens with two attached hydrogens (primary N) is 2. The molecule has 4 saturated heterocycles. The van der Waals surface area contributed by atoms with Crippen molar-refractivity contribution < 1.29 is 141 Å². The number of nitrogens with zero attached hydrogens (tertiary/aromatic N) is 9. The fraction of sp³-hybridized carbons (Fsp3) is 0.505. The average molecular weight is 2180 g/mol. The minimum absolute atomic E-state index is 0. The largest absolute Gasteiger partial charge is 1.00 e. The van der Waals surface area contributed by atoms with Gasteiger partial charge in [0.1, 0.15) is 75.9 Å². The maximum absolute atomic E-state index is 13.6. The number of aliphatic hydroxyl groups excluding tert-OH is 4. The Morgan fingerprint density at radius 1 is 0.471 bits per heavy atom. The zero-order valence-corrected chi connectivity index (χ0v) is 89.2. The van der Waals surface area contributed by atoms with E-state index < -0.39 is 130 Å². The van der Waals surface area contributed by atoms with Gasteiger partial charge < -0.3 is 100 Å². The van der Waals surface area contributed by atoms with Gasteiger partial charge in [-0.15, -0.1) is 0 Å². The van der Waals surface area contributed by atoms with E-state index in [4.69, 9.17) is 39.0 Å². The molecular weight excluding hydrogens is 2060 g/mol. The Morgan fingerprint density at radius 2 is 0.761 bits per heavy atom. The van der Waals surface area contributed by atoms with Gasteiger partial charge >= 0.3 is 47.5 Å². The Hall–Kier alpha value is -9.56. The van der Waals surface area contributed by atoms with Crippen LogP contribution < -0.4 is 51.7 Å². The van der Waals surface area contributed by atoms with Crippen molar-refractivity contribution in [2.45, 2.75) is 251 Å². The number of hydrogen-bond donors (Lipinski definition) is 9. The van der Waals surface area contributed by atoms with Crippen molar-refractivity contribution >= 4 is 135 Å². The summed E-state index contributed by atoms with van der Waals surface area (Å²) >= 11 is 13.5. The average Bonchev–Trinajstić information content (AvgIpc) is 1.60. The van der Waals surface area contributed by atoms with Crippen LogP contribution in [0, 0.1) is 51.4 Å². The van der Waals surface area contributed by atoms with E-state index in [2.05, 4.69) is 100.0 Å². The van der Waals surface area contributed by atoms with Gasteiger partial charge in [0.25, 0.3) is 5.91 Å². The Labute approximate surface area is 857 Å². The molecule has 5 aliphatic rings. The van der Waals surface area contributed by atoms with Crippen LogP contribution in [0.5, 0.6) is 0 Å². The summed E-state index contributed by atoms with van der Waals surface area (Å²) < 4.78 is 35.0. The standard InChI is InChI=1S/C25H32BrN3O6.C24H28BrN3O4.C23H29BrN4O5.C14H20N2O5.C11H14BrNO2.Na.H2O/c1-6-34-24(33)25(5,16-7-9-17(26)10-8-16)27-22(31)19-12-18(30)13-29(19)23(32)21(14(2)3)20-11-15(4)28-35-20;1-13(2)21(20-9-14(3)27-32-20)22(30)28-12-17(29)10-19(28)18-11-24(4,23(31)26-18)15-5-7-16(25)8-6-15;1-12(2)19(18-9-13(3)27-33-18)21(31)28-11-16(29)10-17(28)20(30)26-23(4,22(25)32)14-5-7-15(24)8-6-14;1-7(2)12(11-4-8(3)15-21-11)13(18)16-6-9(17)5-10(16)14(19)20;1-3-15-10(14)11(2,13)8-4-6-9(12)7-5-8;;/h7-11,14,18-19,21,30H,6,12-13H2,1-5H3,(H,27,31);5-9,13,17,19,21,29H,10-12H2,1-4H3;5-9,12,16-17,19,29H,10-11H2,1-4H3,(H2,25,32)(H,26,30);4,7,9-10,12,17H,5-6H2,1-3H3,(H,19,20);4-7H,3,13H2,1-2H3;;1H2/q;;;;;+1;/p-1/t18-,19+,21-,25?;17-,19?,21?,24?;16-,17+,19-,23?;9-,10+,12-;;;/m1111.../s1. The second-order valence-corrected chi connectivity index (χ2v) is 40.6. The zero-order valence-electron chi connectivity index (χ0n) is 80.9. The Bertz CT molecular complexity index is 5580. The van der Waals surface area contributed by atoms with E-state index in [9.17, 15) is 78.3 Å². The summed E-state index contributed by atoms with van der Waals surface area (Å²) in [7, 11) is 0. The predicted octanol–water partition coefficient (Wildman–Crippen LogP) is 8.56. The fourth-order valence-electron chi connectivity index (χ4n) is 17.2. The molecule has 12 N–H and O–H groups in total. The number of carboxylic acid groups (broad SMARTS) is 1. The molecule has 0 saturated carbocycles. The maximum atomic E-state index is 13.6. The summed E-state index contributed by atoms with van der Waals surface area (Å²) in [6, 6.07) is 32.3. The summed E-state index contributed by atoms with van der Waals surface area (Å²) in [4.78, 5) is 152. The Balaban J connectivity index is 0.000000240. The number of hydrogen-bond acceptors (Lipinski definition) is 27. The third kappa shape index (κ3) is 27.8. The van der Waals surface area contributed by atoms with E-state index in [1.165, 1.54) is 21.6 Å². The van der Waals surface area contributed by atoms with Crippen molar-refractivity contribution in [2.75, 3.05) is 39.4 Å². The molecule has 0 spiro atoms. The smallest absolute Gasteiger partial charge is 0.870 e. The summed E-state index contributed by atoms with van der Waals surface area (Å²) in [6.07, 6.45) is -2.27. The zero-order chi connectivity index (χ0) is 101. The number of esters is 2. The van der Waals surface area contributed by atoms with Crippen LogP contribution in [0.3, 0.4) is 0 Å². The number of carbonyl (C=O) groups is 11. The first-order chi connectivity index (χ1) is 63.8. The number of aromatic nitrogens is 4. The van der Waals surface area contributed by atoms with Crippen LogP contribution in [-0.2, 0) is 84.2 Å². The molecule has 36 nitrogen and oxygen atoms in total. The SMILES string of the molecule is CCOC(=O)C(C)(N)c1ccc(Br)cc1.CCOC(=O)C(C)(NC(=O)[C@@H]1C[C@@H](O)CN1C(=O)[C@@H](c1cc(C)no1)C(C)C)c1ccc(Br)cc1.Cc1cc(C(C(=O)N2C[C@H](O)CC2C2=NC(=O)C(C)(c3ccc(Br)cc3)C2)C(C)C)on1.Cc1cc([C@H](C(=O)N2C[C@H](O)C[C@H]2C(=O)NC(C)(C(N)=O)c2ccc(Br)cc2)C(C)C)on1.Cc1cc([C@H](C(=O)N2C[C@H](O)C[C@H]2C(=O)O)C(C)C)on1.[Na+].[OH-]. The van der Waals surface area contributed by atoms with Crippen molar-refractivity contribution in [3.8, 4) is 0 Å². The van der Waals surface area contributed by atoms with E-state index >= 15 is 0 Å². The number of aliphatic carboxylic acids is 1. The van der Waals surface area contributed by atoms with Crippen LogP contribution in [0.15, 0.2) is 162 Å². The Kier molecular flexibility index (Phi) is 41.6. The van der Waals surface area contributed by atoms with Crippen LogP contribution >= 0.6 is 63.7 Å². The van der Waals surface area contributed by atoms with Gasteiger partial charge in [-0.05, 0) is 164 Å². The molecule has 0 aliphatic carbocycles. The number of halogens is 4. The van der Waals surface area contributed by atoms with E-state index in [1.807, 2.05) is 106 Å². The van der Waals surface area contributed by atoms with Crippen LogP contribution in [0.2, 0.25) is 0 Å². The van der Waals surface area contributed by atoms with Crippen LogP contribution in [0.4, 0.5) is 0 Å². The molecule has 16 atom stereocenters. The molecule has 8 amide bonds. The first kappa shape index (κ1) is 115.